The highest BCUT2D eigenvalue weighted by Crippen LogP contribution is 2.46. The molecule has 7 rings (SSSR count). The number of anilines is 1. The van der Waals surface area contributed by atoms with Crippen molar-refractivity contribution in [2.24, 2.45) is 5.73 Å². The standard InChI is InChI=1S/C34H32FN5O8/c1-3-34(46)20-9-25-30-18(12-40(25)31(43)19(20)14-47-32(34)44)29-22(6-5-17-15(2)21(35)10-24(38-30)28(17)29)39-33(45)48-13-16-4-7-26(41)23(8-16)37-27(42)11-36/h4,7-10,22,41,46H,3,5-6,11-14,36H2,1-2H3,(H,37,42)(H,39,45)/t22-,34-/m0/s1. The molecule has 4 aromatic rings. The molecule has 6 N–H and O–H groups in total. The van der Waals surface area contributed by atoms with Crippen LogP contribution in [0.3, 0.4) is 0 Å². The first-order chi connectivity index (χ1) is 22.9. The van der Waals surface area contributed by atoms with E-state index in [1.807, 2.05) is 0 Å². The first-order valence-corrected chi connectivity index (χ1v) is 15.5. The minimum atomic E-state index is -2.01. The van der Waals surface area contributed by atoms with Gasteiger partial charge < -0.3 is 40.6 Å². The minimum absolute atomic E-state index is 0.0132. The van der Waals surface area contributed by atoms with Crippen molar-refractivity contribution in [3.8, 4) is 17.1 Å². The molecule has 2 aromatic heterocycles. The van der Waals surface area contributed by atoms with Crippen LogP contribution in [0, 0.1) is 12.7 Å². The Labute approximate surface area is 272 Å². The van der Waals surface area contributed by atoms with Crippen molar-refractivity contribution in [1.29, 1.82) is 0 Å². The van der Waals surface area contributed by atoms with Crippen molar-refractivity contribution in [3.05, 3.63) is 85.4 Å². The van der Waals surface area contributed by atoms with Crippen molar-refractivity contribution in [1.82, 2.24) is 14.9 Å². The number of hydrogen-bond donors (Lipinski definition) is 5. The summed E-state index contributed by atoms with van der Waals surface area (Å²) in [6.45, 7) is 2.68. The lowest BCUT2D eigenvalue weighted by Crippen LogP contribution is -2.44. The molecule has 0 saturated heterocycles. The van der Waals surface area contributed by atoms with E-state index in [0.717, 1.165) is 5.56 Å². The van der Waals surface area contributed by atoms with Gasteiger partial charge in [-0.2, -0.15) is 0 Å². The summed E-state index contributed by atoms with van der Waals surface area (Å²) in [5, 5.41) is 27.4. The molecule has 0 saturated carbocycles. The second kappa shape index (κ2) is 11.4. The number of aliphatic hydroxyl groups is 1. The SMILES string of the molecule is CC[C@@]1(O)C(=O)OCc2c1cc1n(c2=O)Cc2c-1nc1cc(F)c(C)c3c1c2[C@@H](NC(=O)OCc1ccc(O)c(NC(=O)CN)c1)CC3. The zero-order valence-electron chi connectivity index (χ0n) is 26.1. The third-order valence-corrected chi connectivity index (χ3v) is 9.56. The lowest BCUT2D eigenvalue weighted by Gasteiger charge is -2.31. The number of benzene rings is 2. The Morgan fingerprint density at radius 1 is 1.21 bits per heavy atom. The summed E-state index contributed by atoms with van der Waals surface area (Å²) in [6.07, 6.45) is 0.103. The van der Waals surface area contributed by atoms with E-state index in [1.165, 1.54) is 22.8 Å². The number of aryl methyl sites for hydroxylation is 1. The van der Waals surface area contributed by atoms with Gasteiger partial charge in [0.25, 0.3) is 5.56 Å². The van der Waals surface area contributed by atoms with Gasteiger partial charge in [-0.1, -0.05) is 13.0 Å². The van der Waals surface area contributed by atoms with Gasteiger partial charge in [-0.15, -0.1) is 0 Å². The number of alkyl carbamates (subject to hydrolysis) is 1. The van der Waals surface area contributed by atoms with Gasteiger partial charge in [0.05, 0.1) is 47.3 Å². The number of rotatable bonds is 6. The topological polar surface area (TPSA) is 195 Å². The molecule has 2 aromatic carbocycles. The predicted molar refractivity (Wildman–Crippen MR) is 169 cm³/mol. The summed E-state index contributed by atoms with van der Waals surface area (Å²) >= 11 is 0. The molecule has 0 fully saturated rings. The number of aromatic nitrogens is 2. The third-order valence-electron chi connectivity index (χ3n) is 9.56. The molecule has 2 atom stereocenters. The van der Waals surface area contributed by atoms with Gasteiger partial charge in [0, 0.05) is 22.6 Å². The number of ether oxygens (including phenoxy) is 2. The molecule has 0 unspecified atom stereocenters. The van der Waals surface area contributed by atoms with Crippen LogP contribution in [0.1, 0.15) is 64.8 Å². The highest BCUT2D eigenvalue weighted by molar-refractivity contribution is 5.94. The highest BCUT2D eigenvalue weighted by Gasteiger charge is 2.46. The zero-order valence-corrected chi connectivity index (χ0v) is 26.1. The van der Waals surface area contributed by atoms with Crippen molar-refractivity contribution < 1.29 is 38.5 Å². The van der Waals surface area contributed by atoms with Crippen LogP contribution in [-0.2, 0) is 50.8 Å². The van der Waals surface area contributed by atoms with E-state index >= 15 is 4.39 Å². The van der Waals surface area contributed by atoms with Crippen LogP contribution in [-0.4, -0.2) is 44.3 Å². The molecule has 0 spiro atoms. The van der Waals surface area contributed by atoms with Crippen molar-refractivity contribution in [2.45, 2.75) is 64.5 Å². The number of nitrogens with one attached hydrogen (secondary N) is 2. The number of cyclic esters (lactones) is 1. The average Bonchev–Trinajstić information content (AvgIpc) is 3.44. The largest absolute Gasteiger partial charge is 0.506 e. The summed E-state index contributed by atoms with van der Waals surface area (Å²) in [5.74, 6) is -1.94. The number of nitrogens with two attached hydrogens (primary N) is 1. The fourth-order valence-electron chi connectivity index (χ4n) is 7.01. The van der Waals surface area contributed by atoms with Gasteiger partial charge in [-0.3, -0.25) is 9.59 Å². The van der Waals surface area contributed by atoms with Gasteiger partial charge in [0.2, 0.25) is 5.91 Å². The quantitative estimate of drug-likeness (QED) is 0.134. The Kier molecular flexibility index (Phi) is 7.44. The number of halogens is 1. The minimum Gasteiger partial charge on any atom is -0.506 e. The Hall–Kier alpha value is -5.34. The van der Waals surface area contributed by atoms with Gasteiger partial charge in [-0.05, 0) is 66.6 Å². The molecule has 2 aliphatic heterocycles. The number of carbonyl (C=O) groups is 3. The van der Waals surface area contributed by atoms with E-state index in [2.05, 4.69) is 10.6 Å². The molecule has 248 valence electrons. The van der Waals surface area contributed by atoms with Crippen molar-refractivity contribution in [3.63, 3.8) is 0 Å². The van der Waals surface area contributed by atoms with E-state index in [0.29, 0.717) is 57.4 Å². The second-order valence-corrected chi connectivity index (χ2v) is 12.2. The first kappa shape index (κ1) is 31.3. The second-order valence-electron chi connectivity index (χ2n) is 12.2. The molecule has 2 amide bonds. The number of hydrogen-bond acceptors (Lipinski definition) is 10. The maximum absolute atomic E-state index is 15.2. The molecule has 4 heterocycles. The third kappa shape index (κ3) is 4.78. The molecule has 13 nitrogen and oxygen atoms in total. The number of amides is 2. The molecule has 14 heteroatoms. The average molecular weight is 658 g/mol. The number of nitrogens with zero attached hydrogens (tertiary/aromatic N) is 2. The van der Waals surface area contributed by atoms with Gasteiger partial charge >= 0.3 is 12.1 Å². The lowest BCUT2D eigenvalue weighted by atomic mass is 9.81. The van der Waals surface area contributed by atoms with E-state index in [-0.39, 0.29) is 55.3 Å². The van der Waals surface area contributed by atoms with Crippen LogP contribution >= 0.6 is 0 Å². The van der Waals surface area contributed by atoms with Crippen LogP contribution in [0.15, 0.2) is 35.1 Å². The summed E-state index contributed by atoms with van der Waals surface area (Å²) in [5.41, 5.74) is 7.55. The van der Waals surface area contributed by atoms with Gasteiger partial charge in [0.1, 0.15) is 24.8 Å². The Morgan fingerprint density at radius 2 is 2.00 bits per heavy atom. The number of pyridine rings is 2. The summed E-state index contributed by atoms with van der Waals surface area (Å²) in [4.78, 5) is 56.2. The Morgan fingerprint density at radius 3 is 2.75 bits per heavy atom. The van der Waals surface area contributed by atoms with Crippen LogP contribution in [0.2, 0.25) is 0 Å². The summed E-state index contributed by atoms with van der Waals surface area (Å²) in [7, 11) is 0. The maximum Gasteiger partial charge on any atom is 0.407 e. The number of carbonyl (C=O) groups excluding carboxylic acids is 3. The monoisotopic (exact) mass is 657 g/mol. The molecule has 0 bridgehead atoms. The fourth-order valence-corrected chi connectivity index (χ4v) is 7.01. The molecule has 3 aliphatic rings. The van der Waals surface area contributed by atoms with E-state index in [9.17, 15) is 29.4 Å². The molecule has 0 radical (unpaired) electrons. The van der Waals surface area contributed by atoms with Gasteiger partial charge in [-0.25, -0.2) is 19.0 Å². The first-order valence-electron chi connectivity index (χ1n) is 15.5. The normalized spacial score (nSPS) is 18.9. The molecule has 48 heavy (non-hydrogen) atoms. The number of fused-ring (bicyclic) bond motifs is 5. The van der Waals surface area contributed by atoms with Gasteiger partial charge in [0.15, 0.2) is 5.60 Å². The summed E-state index contributed by atoms with van der Waals surface area (Å²) < 4.78 is 27.4. The van der Waals surface area contributed by atoms with Crippen LogP contribution < -0.4 is 21.9 Å². The number of aromatic hydroxyl groups is 1. The fraction of sp³-hybridized carbons (Fsp3) is 0.324. The smallest absolute Gasteiger partial charge is 0.407 e. The van der Waals surface area contributed by atoms with E-state index in [4.69, 9.17) is 20.2 Å². The Balaban J connectivity index is 1.26. The van der Waals surface area contributed by atoms with Crippen molar-refractivity contribution in [2.75, 3.05) is 11.9 Å². The molecule has 1 aliphatic carbocycles. The number of phenolic OH excluding ortho intramolecular Hbond substituents is 1. The van der Waals surface area contributed by atoms with Crippen LogP contribution in [0.25, 0.3) is 22.3 Å². The van der Waals surface area contributed by atoms with Crippen molar-refractivity contribution >= 4 is 34.6 Å². The summed E-state index contributed by atoms with van der Waals surface area (Å²) in [6, 6.07) is 6.71. The lowest BCUT2D eigenvalue weighted by molar-refractivity contribution is -0.172. The number of phenols is 1. The molecular weight excluding hydrogens is 625 g/mol. The van der Waals surface area contributed by atoms with Crippen LogP contribution in [0.5, 0.6) is 5.75 Å². The number of esters is 1. The highest BCUT2D eigenvalue weighted by atomic mass is 19.1. The zero-order chi connectivity index (χ0) is 34.1. The molecular formula is C34H32FN5O8. The van der Waals surface area contributed by atoms with E-state index < -0.39 is 41.0 Å². The maximum atomic E-state index is 15.2. The van der Waals surface area contributed by atoms with Crippen LogP contribution in [0.4, 0.5) is 14.9 Å². The Bertz CT molecular complexity index is 2150. The predicted octanol–water partition coefficient (Wildman–Crippen LogP) is 3.04. The van der Waals surface area contributed by atoms with E-state index in [1.54, 1.807) is 26.0 Å².